The lowest BCUT2D eigenvalue weighted by molar-refractivity contribution is 0.469. The van der Waals surface area contributed by atoms with Crippen LogP contribution in [0.2, 0.25) is 0 Å². The first-order chi connectivity index (χ1) is 11.6. The van der Waals surface area contributed by atoms with Crippen molar-refractivity contribution in [2.24, 2.45) is 0 Å². The van der Waals surface area contributed by atoms with E-state index in [0.29, 0.717) is 27.2 Å². The number of hydrogen-bond donors (Lipinski definition) is 2. The number of aryl methyl sites for hydroxylation is 2. The zero-order valence-corrected chi connectivity index (χ0v) is 14.0. The number of nitrogens with zero attached hydrogens (tertiary/aromatic N) is 1. The van der Waals surface area contributed by atoms with Gasteiger partial charge in [0.1, 0.15) is 11.3 Å². The molecule has 0 spiro atoms. The van der Waals surface area contributed by atoms with Gasteiger partial charge in [-0.2, -0.15) is 0 Å². The van der Waals surface area contributed by atoms with Crippen LogP contribution in [0.3, 0.4) is 0 Å². The minimum atomic E-state index is -0.282. The SMILES string of the molecule is Cc1c(O)c(-c2ccnc(=S)[nH]2)cc2c3c(c(=O)oc12)CCCC3. The van der Waals surface area contributed by atoms with Crippen molar-refractivity contribution in [3.8, 4) is 17.0 Å². The standard InChI is InChI=1S/C18H16N2O3S/c1-9-15(21)13(14-6-7-19-18(24)20-14)8-12-10-4-2-3-5-11(10)17(22)23-16(9)12/h6-8,21H,2-5H2,1H3,(H,19,20,24). The molecule has 0 saturated carbocycles. The van der Waals surface area contributed by atoms with E-state index in [1.54, 1.807) is 19.2 Å². The molecule has 24 heavy (non-hydrogen) atoms. The Kier molecular flexibility index (Phi) is 3.49. The van der Waals surface area contributed by atoms with E-state index in [-0.39, 0.29) is 11.4 Å². The maximum Gasteiger partial charge on any atom is 0.339 e. The number of rotatable bonds is 1. The molecule has 3 aromatic rings. The summed E-state index contributed by atoms with van der Waals surface area (Å²) in [4.78, 5) is 19.2. The van der Waals surface area contributed by atoms with Crippen molar-refractivity contribution in [3.63, 3.8) is 0 Å². The van der Waals surface area contributed by atoms with Crippen LogP contribution in [-0.4, -0.2) is 15.1 Å². The van der Waals surface area contributed by atoms with Crippen molar-refractivity contribution in [2.45, 2.75) is 32.6 Å². The van der Waals surface area contributed by atoms with Crippen LogP contribution in [-0.2, 0) is 12.8 Å². The second-order valence-corrected chi connectivity index (χ2v) is 6.50. The number of fused-ring (bicyclic) bond motifs is 3. The first-order valence-corrected chi connectivity index (χ1v) is 8.34. The minimum Gasteiger partial charge on any atom is -0.507 e. The average molecular weight is 340 g/mol. The van der Waals surface area contributed by atoms with Gasteiger partial charge in [0.25, 0.3) is 0 Å². The van der Waals surface area contributed by atoms with E-state index >= 15 is 0 Å². The molecule has 5 nitrogen and oxygen atoms in total. The fraction of sp³-hybridized carbons (Fsp3) is 0.278. The lowest BCUT2D eigenvalue weighted by atomic mass is 9.89. The summed E-state index contributed by atoms with van der Waals surface area (Å²) < 4.78 is 5.88. The van der Waals surface area contributed by atoms with E-state index in [9.17, 15) is 9.90 Å². The fourth-order valence-corrected chi connectivity index (χ4v) is 3.63. The van der Waals surface area contributed by atoms with Gasteiger partial charge in [-0.15, -0.1) is 0 Å². The number of aromatic nitrogens is 2. The van der Waals surface area contributed by atoms with Crippen molar-refractivity contribution in [2.75, 3.05) is 0 Å². The Bertz CT molecular complexity index is 1080. The molecule has 1 aliphatic carbocycles. The summed E-state index contributed by atoms with van der Waals surface area (Å²) in [6.45, 7) is 1.76. The Morgan fingerprint density at radius 2 is 2.04 bits per heavy atom. The third-order valence-corrected chi connectivity index (χ3v) is 4.89. The monoisotopic (exact) mass is 340 g/mol. The van der Waals surface area contributed by atoms with Crippen molar-refractivity contribution < 1.29 is 9.52 Å². The molecule has 0 fully saturated rings. The number of aromatic amines is 1. The highest BCUT2D eigenvalue weighted by Gasteiger charge is 2.22. The number of hydrogen-bond acceptors (Lipinski definition) is 5. The molecule has 0 aliphatic heterocycles. The van der Waals surface area contributed by atoms with Crippen molar-refractivity contribution in [1.29, 1.82) is 0 Å². The van der Waals surface area contributed by atoms with Gasteiger partial charge in [-0.1, -0.05) is 0 Å². The number of aromatic hydroxyl groups is 1. The second-order valence-electron chi connectivity index (χ2n) is 6.12. The summed E-state index contributed by atoms with van der Waals surface area (Å²) in [5.74, 6) is 0.0817. The number of phenols is 1. The van der Waals surface area contributed by atoms with Crippen LogP contribution in [0.4, 0.5) is 0 Å². The van der Waals surface area contributed by atoms with E-state index in [0.717, 1.165) is 42.2 Å². The Labute approximate surface area is 143 Å². The molecule has 122 valence electrons. The van der Waals surface area contributed by atoms with E-state index in [4.69, 9.17) is 16.6 Å². The maximum atomic E-state index is 12.3. The summed E-state index contributed by atoms with van der Waals surface area (Å²) in [6.07, 6.45) is 5.27. The second kappa shape index (κ2) is 5.56. The van der Waals surface area contributed by atoms with E-state index in [1.807, 2.05) is 6.07 Å². The molecular weight excluding hydrogens is 324 g/mol. The van der Waals surface area contributed by atoms with Gasteiger partial charge in [-0.3, -0.25) is 0 Å². The van der Waals surface area contributed by atoms with Crippen LogP contribution in [0.25, 0.3) is 22.2 Å². The highest BCUT2D eigenvalue weighted by molar-refractivity contribution is 7.71. The summed E-state index contributed by atoms with van der Waals surface area (Å²) >= 11 is 5.08. The Morgan fingerprint density at radius 3 is 2.79 bits per heavy atom. The average Bonchev–Trinajstić information content (AvgIpc) is 2.59. The highest BCUT2D eigenvalue weighted by atomic mass is 32.1. The van der Waals surface area contributed by atoms with Gasteiger partial charge < -0.3 is 14.5 Å². The van der Waals surface area contributed by atoms with Gasteiger partial charge >= 0.3 is 5.63 Å². The predicted octanol–water partition coefficient (Wildman–Crippen LogP) is 3.81. The third kappa shape index (κ3) is 2.26. The normalized spacial score (nSPS) is 13.9. The van der Waals surface area contributed by atoms with Crippen LogP contribution in [0.15, 0.2) is 27.5 Å². The zero-order valence-electron chi connectivity index (χ0n) is 13.2. The predicted molar refractivity (Wildman–Crippen MR) is 93.9 cm³/mol. The van der Waals surface area contributed by atoms with Gasteiger partial charge in [0, 0.05) is 28.3 Å². The van der Waals surface area contributed by atoms with E-state index in [2.05, 4.69) is 9.97 Å². The molecule has 1 aromatic carbocycles. The summed E-state index contributed by atoms with van der Waals surface area (Å²) in [7, 11) is 0. The van der Waals surface area contributed by atoms with Crippen molar-refractivity contribution in [3.05, 3.63) is 50.2 Å². The van der Waals surface area contributed by atoms with Crippen LogP contribution in [0.1, 0.15) is 29.5 Å². The molecule has 0 unspecified atom stereocenters. The first-order valence-electron chi connectivity index (χ1n) is 7.93. The molecule has 2 N–H and O–H groups in total. The number of phenolic OH excluding ortho intramolecular Hbond substituents is 1. The van der Waals surface area contributed by atoms with Gasteiger partial charge in [0.2, 0.25) is 0 Å². The summed E-state index contributed by atoms with van der Waals surface area (Å²) in [5.41, 5.74) is 3.88. The zero-order chi connectivity index (χ0) is 16.8. The molecule has 0 atom stereocenters. The smallest absolute Gasteiger partial charge is 0.339 e. The molecule has 2 heterocycles. The first kappa shape index (κ1) is 15.1. The molecule has 1 aliphatic rings. The molecule has 4 rings (SSSR count). The van der Waals surface area contributed by atoms with Crippen LogP contribution in [0, 0.1) is 11.7 Å². The van der Waals surface area contributed by atoms with Crippen LogP contribution in [0.5, 0.6) is 5.75 Å². The highest BCUT2D eigenvalue weighted by Crippen LogP contribution is 2.38. The molecule has 6 heteroatoms. The fourth-order valence-electron chi connectivity index (χ4n) is 3.46. The Morgan fingerprint density at radius 1 is 1.29 bits per heavy atom. The van der Waals surface area contributed by atoms with E-state index in [1.165, 1.54) is 0 Å². The number of H-pyrrole nitrogens is 1. The molecule has 0 radical (unpaired) electrons. The van der Waals surface area contributed by atoms with Crippen LogP contribution >= 0.6 is 12.2 Å². The van der Waals surface area contributed by atoms with Crippen molar-refractivity contribution >= 4 is 23.2 Å². The topological polar surface area (TPSA) is 79.1 Å². The van der Waals surface area contributed by atoms with Gasteiger partial charge in [-0.25, -0.2) is 9.78 Å². The van der Waals surface area contributed by atoms with Gasteiger partial charge in [0.15, 0.2) is 4.77 Å². The molecule has 0 saturated heterocycles. The maximum absolute atomic E-state index is 12.3. The van der Waals surface area contributed by atoms with Crippen molar-refractivity contribution in [1.82, 2.24) is 9.97 Å². The minimum absolute atomic E-state index is 0.0817. The molecule has 0 bridgehead atoms. The lowest BCUT2D eigenvalue weighted by Crippen LogP contribution is -2.16. The van der Waals surface area contributed by atoms with Gasteiger partial charge in [-0.05, 0) is 62.5 Å². The number of nitrogens with one attached hydrogen (secondary N) is 1. The molecular formula is C18H16N2O3S. The van der Waals surface area contributed by atoms with E-state index < -0.39 is 0 Å². The Hall–Kier alpha value is -2.47. The quantitative estimate of drug-likeness (QED) is 0.520. The summed E-state index contributed by atoms with van der Waals surface area (Å²) in [5, 5.41) is 11.5. The third-order valence-electron chi connectivity index (χ3n) is 4.68. The Balaban J connectivity index is 2.10. The largest absolute Gasteiger partial charge is 0.507 e. The number of benzene rings is 1. The van der Waals surface area contributed by atoms with Gasteiger partial charge in [0.05, 0.1) is 5.69 Å². The lowest BCUT2D eigenvalue weighted by Gasteiger charge is -2.18. The summed E-state index contributed by atoms with van der Waals surface area (Å²) in [6, 6.07) is 3.65. The molecule has 0 amide bonds. The molecule has 2 aromatic heterocycles. The van der Waals surface area contributed by atoms with Crippen LogP contribution < -0.4 is 5.63 Å².